The maximum absolute atomic E-state index is 12.5. The standard InChI is InChI=1S/C22H24O6/c1-14-4-8-16(9-5-14)21(23)26-13-19-18(12-20(25-3)27-19)28-22(24)17-10-6-15(2)7-11-17/h4-11,18-20H,12-13H2,1-3H3/t18-,19+,20-/m0/s1/i12D2. The Kier molecular flexibility index (Phi) is 5.59. The summed E-state index contributed by atoms with van der Waals surface area (Å²) in [6.45, 7) is 3.50. The van der Waals surface area contributed by atoms with Gasteiger partial charge in [-0.25, -0.2) is 9.59 Å². The van der Waals surface area contributed by atoms with E-state index < -0.39 is 36.8 Å². The summed E-state index contributed by atoms with van der Waals surface area (Å²) in [6.07, 6.45) is -5.73. The van der Waals surface area contributed by atoms with Crippen LogP contribution in [0, 0.1) is 13.8 Å². The van der Waals surface area contributed by atoms with Crippen molar-refractivity contribution in [2.24, 2.45) is 0 Å². The first-order valence-electron chi connectivity index (χ1n) is 9.92. The Balaban J connectivity index is 1.72. The molecular formula is C22H24O6. The van der Waals surface area contributed by atoms with E-state index in [2.05, 4.69) is 0 Å². The average molecular weight is 386 g/mol. The molecule has 1 aliphatic heterocycles. The summed E-state index contributed by atoms with van der Waals surface area (Å²) in [4.78, 5) is 24.8. The molecule has 3 rings (SSSR count). The molecule has 0 amide bonds. The van der Waals surface area contributed by atoms with Gasteiger partial charge in [-0.3, -0.25) is 0 Å². The summed E-state index contributed by atoms with van der Waals surface area (Å²) < 4.78 is 37.9. The SMILES string of the molecule is [2H]C1([2H])[C@@H](OC)O[C@H](COC(=O)c2ccc(C)cc2)[C@H]1OC(=O)c1ccc(C)cc1. The maximum atomic E-state index is 12.5. The zero-order valence-corrected chi connectivity index (χ0v) is 16.0. The number of carbonyl (C=O) groups excluding carboxylic acids is 2. The third-order valence-corrected chi connectivity index (χ3v) is 4.34. The zero-order chi connectivity index (χ0) is 21.9. The second kappa shape index (κ2) is 8.99. The molecule has 6 heteroatoms. The molecule has 1 saturated heterocycles. The molecule has 0 saturated carbocycles. The molecule has 1 aliphatic rings. The van der Waals surface area contributed by atoms with Crippen molar-refractivity contribution in [2.75, 3.05) is 13.7 Å². The Morgan fingerprint density at radius 3 is 2.07 bits per heavy atom. The quantitative estimate of drug-likeness (QED) is 0.708. The van der Waals surface area contributed by atoms with Gasteiger partial charge in [-0.05, 0) is 38.1 Å². The van der Waals surface area contributed by atoms with Gasteiger partial charge in [-0.2, -0.15) is 0 Å². The van der Waals surface area contributed by atoms with Gasteiger partial charge in [0.05, 0.1) is 11.1 Å². The highest BCUT2D eigenvalue weighted by Crippen LogP contribution is 2.25. The Labute approximate surface area is 167 Å². The van der Waals surface area contributed by atoms with Gasteiger partial charge in [0.1, 0.15) is 18.8 Å². The number of benzene rings is 2. The monoisotopic (exact) mass is 386 g/mol. The number of methoxy groups -OCH3 is 1. The first-order valence-corrected chi connectivity index (χ1v) is 8.92. The highest BCUT2D eigenvalue weighted by molar-refractivity contribution is 5.90. The van der Waals surface area contributed by atoms with Crippen molar-refractivity contribution in [2.45, 2.75) is 38.7 Å². The van der Waals surface area contributed by atoms with Gasteiger partial charge >= 0.3 is 11.9 Å². The first kappa shape index (κ1) is 17.4. The van der Waals surface area contributed by atoms with E-state index in [9.17, 15) is 9.59 Å². The van der Waals surface area contributed by atoms with Crippen LogP contribution < -0.4 is 0 Å². The molecule has 0 spiro atoms. The number of carbonyl (C=O) groups is 2. The Hall–Kier alpha value is -2.70. The van der Waals surface area contributed by atoms with Crippen LogP contribution >= 0.6 is 0 Å². The van der Waals surface area contributed by atoms with Crippen molar-refractivity contribution in [3.05, 3.63) is 70.8 Å². The summed E-state index contributed by atoms with van der Waals surface area (Å²) >= 11 is 0. The molecule has 0 N–H and O–H groups in total. The zero-order valence-electron chi connectivity index (χ0n) is 18.0. The molecule has 6 nitrogen and oxygen atoms in total. The maximum Gasteiger partial charge on any atom is 0.338 e. The fourth-order valence-electron chi connectivity index (χ4n) is 2.67. The Morgan fingerprint density at radius 1 is 1.00 bits per heavy atom. The number of hydrogen-bond acceptors (Lipinski definition) is 6. The minimum atomic E-state index is -2.13. The topological polar surface area (TPSA) is 71.1 Å². The average Bonchev–Trinajstić information content (AvgIpc) is 2.96. The van der Waals surface area contributed by atoms with Crippen LogP contribution in [0.15, 0.2) is 48.5 Å². The summed E-state index contributed by atoms with van der Waals surface area (Å²) in [5, 5.41) is 0. The summed E-state index contributed by atoms with van der Waals surface area (Å²) in [6, 6.07) is 13.6. The van der Waals surface area contributed by atoms with Crippen LogP contribution in [0.5, 0.6) is 0 Å². The lowest BCUT2D eigenvalue weighted by Gasteiger charge is -2.19. The van der Waals surface area contributed by atoms with Gasteiger partial charge in [0.15, 0.2) is 6.29 Å². The van der Waals surface area contributed by atoms with Crippen molar-refractivity contribution in [3.8, 4) is 0 Å². The van der Waals surface area contributed by atoms with Gasteiger partial charge in [0, 0.05) is 16.2 Å². The molecule has 2 aromatic carbocycles. The minimum Gasteiger partial charge on any atom is -0.459 e. The van der Waals surface area contributed by atoms with E-state index in [1.54, 1.807) is 48.5 Å². The molecule has 3 atom stereocenters. The summed E-state index contributed by atoms with van der Waals surface area (Å²) in [5.74, 6) is -1.28. The molecule has 2 aromatic rings. The van der Waals surface area contributed by atoms with Crippen LogP contribution in [0.25, 0.3) is 0 Å². The second-order valence-corrected chi connectivity index (χ2v) is 6.57. The molecule has 1 heterocycles. The number of hydrogen-bond donors (Lipinski definition) is 0. The predicted molar refractivity (Wildman–Crippen MR) is 102 cm³/mol. The molecule has 1 fully saturated rings. The van der Waals surface area contributed by atoms with E-state index in [0.717, 1.165) is 11.1 Å². The highest BCUT2D eigenvalue weighted by Gasteiger charge is 2.39. The summed E-state index contributed by atoms with van der Waals surface area (Å²) in [7, 11) is 1.29. The van der Waals surface area contributed by atoms with Gasteiger partial charge in [-0.1, -0.05) is 35.4 Å². The third-order valence-electron chi connectivity index (χ3n) is 4.34. The molecule has 0 aromatic heterocycles. The molecule has 0 unspecified atom stereocenters. The molecule has 0 bridgehead atoms. The van der Waals surface area contributed by atoms with Gasteiger partial charge in [0.25, 0.3) is 0 Å². The first-order chi connectivity index (χ1) is 14.2. The van der Waals surface area contributed by atoms with Crippen molar-refractivity contribution in [1.29, 1.82) is 0 Å². The van der Waals surface area contributed by atoms with Gasteiger partial charge in [0.2, 0.25) is 0 Å². The fourth-order valence-corrected chi connectivity index (χ4v) is 2.67. The number of rotatable bonds is 6. The van der Waals surface area contributed by atoms with Crippen molar-refractivity contribution < 1.29 is 31.3 Å². The number of esters is 2. The van der Waals surface area contributed by atoms with Crippen LogP contribution in [0.3, 0.4) is 0 Å². The lowest BCUT2D eigenvalue weighted by molar-refractivity contribution is -0.128. The molecular weight excluding hydrogens is 360 g/mol. The molecule has 28 heavy (non-hydrogen) atoms. The lowest BCUT2D eigenvalue weighted by Crippen LogP contribution is -2.32. The second-order valence-electron chi connectivity index (χ2n) is 6.57. The predicted octanol–water partition coefficient (Wildman–Crippen LogP) is 3.45. The highest BCUT2D eigenvalue weighted by atomic mass is 16.7. The lowest BCUT2D eigenvalue weighted by atomic mass is 10.1. The van der Waals surface area contributed by atoms with Crippen LogP contribution in [-0.2, 0) is 18.9 Å². The van der Waals surface area contributed by atoms with Crippen LogP contribution in [0.4, 0.5) is 0 Å². The fraction of sp³-hybridized carbons (Fsp3) is 0.364. The van der Waals surface area contributed by atoms with E-state index in [-0.39, 0.29) is 12.2 Å². The molecule has 0 aliphatic carbocycles. The Bertz CT molecular complexity index is 895. The Morgan fingerprint density at radius 2 is 1.54 bits per heavy atom. The van der Waals surface area contributed by atoms with Gasteiger partial charge in [-0.15, -0.1) is 0 Å². The summed E-state index contributed by atoms with van der Waals surface area (Å²) in [5.41, 5.74) is 2.63. The van der Waals surface area contributed by atoms with Crippen molar-refractivity contribution in [1.82, 2.24) is 0 Å². The third kappa shape index (κ3) is 4.97. The normalized spacial score (nSPS) is 24.2. The van der Waals surface area contributed by atoms with Crippen molar-refractivity contribution in [3.63, 3.8) is 0 Å². The minimum absolute atomic E-state index is 0.285. The van der Waals surface area contributed by atoms with E-state index in [1.807, 2.05) is 13.8 Å². The van der Waals surface area contributed by atoms with Crippen LogP contribution in [0.1, 0.15) is 41.0 Å². The molecule has 0 radical (unpaired) electrons. The smallest absolute Gasteiger partial charge is 0.338 e. The largest absolute Gasteiger partial charge is 0.459 e. The van der Waals surface area contributed by atoms with E-state index in [1.165, 1.54) is 7.11 Å². The van der Waals surface area contributed by atoms with Crippen molar-refractivity contribution >= 4 is 11.9 Å². The van der Waals surface area contributed by atoms with E-state index >= 15 is 0 Å². The number of aryl methyl sites for hydroxylation is 2. The van der Waals surface area contributed by atoms with E-state index in [0.29, 0.717) is 5.56 Å². The van der Waals surface area contributed by atoms with Crippen LogP contribution in [0.2, 0.25) is 0 Å². The van der Waals surface area contributed by atoms with E-state index in [4.69, 9.17) is 21.7 Å². The van der Waals surface area contributed by atoms with Crippen LogP contribution in [-0.4, -0.2) is 44.2 Å². The molecule has 148 valence electrons. The number of ether oxygens (including phenoxy) is 4. The van der Waals surface area contributed by atoms with Gasteiger partial charge < -0.3 is 18.9 Å².